The van der Waals surface area contributed by atoms with E-state index in [0.29, 0.717) is 12.2 Å². The van der Waals surface area contributed by atoms with Crippen LogP contribution in [0.15, 0.2) is 72.8 Å². The molecule has 0 spiro atoms. The molecule has 1 unspecified atom stereocenters. The van der Waals surface area contributed by atoms with Crippen LogP contribution < -0.4 is 10.1 Å². The molecule has 0 saturated heterocycles. The number of rotatable bonds is 6. The minimum Gasteiger partial charge on any atom is -0.494 e. The van der Waals surface area contributed by atoms with Crippen molar-refractivity contribution in [2.24, 2.45) is 0 Å². The summed E-state index contributed by atoms with van der Waals surface area (Å²) < 4.78 is 5.57. The monoisotopic (exact) mass is 359 g/mol. The van der Waals surface area contributed by atoms with Crippen molar-refractivity contribution >= 4 is 5.91 Å². The Bertz CT molecular complexity index is 919. The second-order valence-corrected chi connectivity index (χ2v) is 6.64. The number of hydrogen-bond donors (Lipinski definition) is 1. The molecule has 3 aromatic rings. The van der Waals surface area contributed by atoms with Gasteiger partial charge in [0, 0.05) is 5.56 Å². The van der Waals surface area contributed by atoms with Crippen LogP contribution in [0.5, 0.6) is 5.75 Å². The van der Waals surface area contributed by atoms with E-state index in [1.54, 1.807) is 0 Å². The van der Waals surface area contributed by atoms with E-state index in [-0.39, 0.29) is 11.9 Å². The van der Waals surface area contributed by atoms with Gasteiger partial charge in [-0.15, -0.1) is 0 Å². The Morgan fingerprint density at radius 2 is 1.67 bits per heavy atom. The molecule has 0 aromatic heterocycles. The fourth-order valence-corrected chi connectivity index (χ4v) is 3.18. The van der Waals surface area contributed by atoms with Crippen molar-refractivity contribution < 1.29 is 9.53 Å². The first-order valence-electron chi connectivity index (χ1n) is 9.24. The first kappa shape index (κ1) is 18.7. The molecule has 3 heteroatoms. The van der Waals surface area contributed by atoms with Gasteiger partial charge in [0.1, 0.15) is 5.75 Å². The fourth-order valence-electron chi connectivity index (χ4n) is 3.18. The van der Waals surface area contributed by atoms with Crippen LogP contribution in [0.3, 0.4) is 0 Å². The highest BCUT2D eigenvalue weighted by molar-refractivity contribution is 5.95. The number of benzene rings is 3. The maximum Gasteiger partial charge on any atom is 0.252 e. The number of ether oxygens (including phenoxy) is 1. The van der Waals surface area contributed by atoms with Crippen LogP contribution in [-0.4, -0.2) is 12.5 Å². The van der Waals surface area contributed by atoms with Gasteiger partial charge in [-0.1, -0.05) is 60.2 Å². The number of aryl methyl sites for hydroxylation is 2. The second kappa shape index (κ2) is 8.54. The summed E-state index contributed by atoms with van der Waals surface area (Å²) in [6, 6.07) is 23.6. The number of carbonyl (C=O) groups excluding carboxylic acids is 1. The van der Waals surface area contributed by atoms with Crippen molar-refractivity contribution in [2.45, 2.75) is 26.8 Å². The zero-order valence-corrected chi connectivity index (χ0v) is 16.0. The van der Waals surface area contributed by atoms with E-state index in [2.05, 4.69) is 24.4 Å². The fraction of sp³-hybridized carbons (Fsp3) is 0.208. The van der Waals surface area contributed by atoms with Gasteiger partial charge in [-0.3, -0.25) is 4.79 Å². The summed E-state index contributed by atoms with van der Waals surface area (Å²) in [5, 5.41) is 3.19. The number of hydrogen-bond acceptors (Lipinski definition) is 2. The molecule has 0 fully saturated rings. The molecule has 3 aromatic carbocycles. The van der Waals surface area contributed by atoms with Crippen molar-refractivity contribution in [3.05, 3.63) is 101 Å². The summed E-state index contributed by atoms with van der Waals surface area (Å²) >= 11 is 0. The summed E-state index contributed by atoms with van der Waals surface area (Å²) in [7, 11) is 0. The molecule has 0 saturated carbocycles. The van der Waals surface area contributed by atoms with E-state index in [0.717, 1.165) is 22.4 Å². The molecule has 3 rings (SSSR count). The van der Waals surface area contributed by atoms with Crippen LogP contribution in [0, 0.1) is 13.8 Å². The van der Waals surface area contributed by atoms with Gasteiger partial charge in [-0.2, -0.15) is 0 Å². The lowest BCUT2D eigenvalue weighted by Crippen LogP contribution is -2.29. The summed E-state index contributed by atoms with van der Waals surface area (Å²) in [4.78, 5) is 13.0. The summed E-state index contributed by atoms with van der Waals surface area (Å²) in [6.45, 7) is 6.57. The lowest BCUT2D eigenvalue weighted by molar-refractivity contribution is 0.0943. The van der Waals surface area contributed by atoms with Gasteiger partial charge in [0.2, 0.25) is 0 Å². The molecule has 3 nitrogen and oxygen atoms in total. The minimum absolute atomic E-state index is 0.100. The van der Waals surface area contributed by atoms with E-state index in [1.807, 2.05) is 74.5 Å². The summed E-state index contributed by atoms with van der Waals surface area (Å²) in [5.74, 6) is 0.712. The van der Waals surface area contributed by atoms with Crippen molar-refractivity contribution in [3.63, 3.8) is 0 Å². The lowest BCUT2D eigenvalue weighted by Gasteiger charge is -2.21. The first-order chi connectivity index (χ1) is 13.1. The quantitative estimate of drug-likeness (QED) is 0.655. The van der Waals surface area contributed by atoms with Gasteiger partial charge in [0.15, 0.2) is 0 Å². The van der Waals surface area contributed by atoms with Crippen LogP contribution in [0.2, 0.25) is 0 Å². The topological polar surface area (TPSA) is 38.3 Å². The largest absolute Gasteiger partial charge is 0.494 e. The Kier molecular flexibility index (Phi) is 5.92. The van der Waals surface area contributed by atoms with Gasteiger partial charge >= 0.3 is 0 Å². The third kappa shape index (κ3) is 4.56. The summed E-state index contributed by atoms with van der Waals surface area (Å²) in [5.41, 5.74) is 4.87. The average Bonchev–Trinajstić information content (AvgIpc) is 2.68. The zero-order chi connectivity index (χ0) is 19.2. The molecule has 0 bridgehead atoms. The zero-order valence-electron chi connectivity index (χ0n) is 16.0. The van der Waals surface area contributed by atoms with Crippen molar-refractivity contribution in [3.8, 4) is 5.75 Å². The molecular weight excluding hydrogens is 334 g/mol. The van der Waals surface area contributed by atoms with Crippen LogP contribution in [0.4, 0.5) is 0 Å². The highest BCUT2D eigenvalue weighted by Crippen LogP contribution is 2.24. The normalized spacial score (nSPS) is 11.7. The maximum absolute atomic E-state index is 13.0. The molecule has 0 aliphatic rings. The van der Waals surface area contributed by atoms with Crippen molar-refractivity contribution in [1.29, 1.82) is 0 Å². The van der Waals surface area contributed by atoms with Crippen molar-refractivity contribution in [2.75, 3.05) is 6.61 Å². The molecule has 0 radical (unpaired) electrons. The first-order valence-corrected chi connectivity index (χ1v) is 9.24. The average molecular weight is 359 g/mol. The van der Waals surface area contributed by atoms with Crippen LogP contribution >= 0.6 is 0 Å². The molecule has 1 N–H and O–H groups in total. The molecule has 0 aliphatic carbocycles. The number of carbonyl (C=O) groups is 1. The minimum atomic E-state index is -0.203. The molecule has 0 heterocycles. The van der Waals surface area contributed by atoms with Gasteiger partial charge in [0.05, 0.1) is 12.6 Å². The highest BCUT2D eigenvalue weighted by Gasteiger charge is 2.18. The van der Waals surface area contributed by atoms with Gasteiger partial charge in [-0.05, 0) is 55.7 Å². The number of nitrogens with one attached hydrogen (secondary N) is 1. The van der Waals surface area contributed by atoms with E-state index >= 15 is 0 Å². The molecule has 0 aliphatic heterocycles. The number of amides is 1. The Balaban J connectivity index is 1.90. The van der Waals surface area contributed by atoms with Gasteiger partial charge in [-0.25, -0.2) is 0 Å². The van der Waals surface area contributed by atoms with E-state index in [9.17, 15) is 4.79 Å². The van der Waals surface area contributed by atoms with Gasteiger partial charge < -0.3 is 10.1 Å². The molecule has 27 heavy (non-hydrogen) atoms. The highest BCUT2D eigenvalue weighted by atomic mass is 16.5. The van der Waals surface area contributed by atoms with Crippen LogP contribution in [0.1, 0.15) is 45.6 Å². The van der Waals surface area contributed by atoms with E-state index in [4.69, 9.17) is 4.74 Å². The Labute approximate surface area is 161 Å². The van der Waals surface area contributed by atoms with Crippen LogP contribution in [-0.2, 0) is 0 Å². The molecule has 1 atom stereocenters. The second-order valence-electron chi connectivity index (χ2n) is 6.64. The Morgan fingerprint density at radius 1 is 0.926 bits per heavy atom. The van der Waals surface area contributed by atoms with Crippen molar-refractivity contribution in [1.82, 2.24) is 5.32 Å². The van der Waals surface area contributed by atoms with E-state index < -0.39 is 0 Å². The summed E-state index contributed by atoms with van der Waals surface area (Å²) in [6.07, 6.45) is 0. The Morgan fingerprint density at radius 3 is 2.33 bits per heavy atom. The molecule has 1 amide bonds. The van der Waals surface area contributed by atoms with Crippen LogP contribution in [0.25, 0.3) is 0 Å². The maximum atomic E-state index is 13.0. The molecule has 138 valence electrons. The van der Waals surface area contributed by atoms with E-state index in [1.165, 1.54) is 5.56 Å². The third-order valence-electron chi connectivity index (χ3n) is 4.52. The third-order valence-corrected chi connectivity index (χ3v) is 4.52. The van der Waals surface area contributed by atoms with Gasteiger partial charge in [0.25, 0.3) is 5.91 Å². The predicted octanol–water partition coefficient (Wildman–Crippen LogP) is 5.22. The lowest BCUT2D eigenvalue weighted by atomic mass is 9.97. The standard InChI is InChI=1S/C24H25NO2/c1-4-27-22-14-13-21(16-18(22)3)24(26)25-23(19-10-6-5-7-11-19)20-12-8-9-17(2)15-20/h5-16,23H,4H2,1-3H3,(H,25,26). The smallest absolute Gasteiger partial charge is 0.252 e. The SMILES string of the molecule is CCOc1ccc(C(=O)NC(c2ccccc2)c2cccc(C)c2)cc1C. The molecular formula is C24H25NO2. The predicted molar refractivity (Wildman–Crippen MR) is 109 cm³/mol. The Hall–Kier alpha value is -3.07.